The molecule has 0 aromatic heterocycles. The van der Waals surface area contributed by atoms with E-state index in [0.29, 0.717) is 23.3 Å². The molecule has 0 aromatic carbocycles. The molecule has 4 saturated carbocycles. The van der Waals surface area contributed by atoms with Crippen LogP contribution < -0.4 is 0 Å². The van der Waals surface area contributed by atoms with E-state index in [-0.39, 0.29) is 0 Å². The summed E-state index contributed by atoms with van der Waals surface area (Å²) in [5.41, 5.74) is 0.621. The fourth-order valence-corrected chi connectivity index (χ4v) is 7.64. The maximum Gasteiger partial charge on any atom is 0.136 e. The topological polar surface area (TPSA) is 20.3 Å². The first-order valence-corrected chi connectivity index (χ1v) is 9.42. The van der Waals surface area contributed by atoms with Crippen LogP contribution in [0.25, 0.3) is 0 Å². The van der Waals surface area contributed by atoms with E-state index in [0.717, 1.165) is 36.6 Å². The van der Waals surface area contributed by atoms with Crippen LogP contribution in [0.4, 0.5) is 0 Å². The minimum atomic E-state index is 0.538. The molecule has 0 radical (unpaired) electrons. The fraction of sp³-hybridized carbons (Fsp3) is 0.947. The summed E-state index contributed by atoms with van der Waals surface area (Å²) in [5, 5.41) is 0. The minimum Gasteiger partial charge on any atom is -0.300 e. The Morgan fingerprint density at radius 2 is 1.43 bits per heavy atom. The molecule has 0 amide bonds. The van der Waals surface area contributed by atoms with Gasteiger partial charge in [0, 0.05) is 31.0 Å². The van der Waals surface area contributed by atoms with Crippen molar-refractivity contribution in [2.45, 2.75) is 89.3 Å². The number of Topliss-reactive ketones (excluding diaryl/α,β-unsaturated/α-hetero) is 1. The first-order valence-electron chi connectivity index (χ1n) is 9.42. The van der Waals surface area contributed by atoms with Crippen LogP contribution in [0.1, 0.15) is 71.1 Å². The lowest BCUT2D eigenvalue weighted by atomic mass is 9.47. The van der Waals surface area contributed by atoms with Crippen molar-refractivity contribution in [3.8, 4) is 0 Å². The van der Waals surface area contributed by atoms with E-state index in [2.05, 4.69) is 11.8 Å². The summed E-state index contributed by atoms with van der Waals surface area (Å²) in [7, 11) is 0. The third kappa shape index (κ3) is 1.84. The van der Waals surface area contributed by atoms with Gasteiger partial charge < -0.3 is 0 Å². The van der Waals surface area contributed by atoms with E-state index in [1.165, 1.54) is 51.4 Å². The number of carbonyl (C=O) groups excluding carboxylic acids is 1. The van der Waals surface area contributed by atoms with Gasteiger partial charge in [0.2, 0.25) is 0 Å². The first-order chi connectivity index (χ1) is 10.1. The number of hydrogen-bond donors (Lipinski definition) is 0. The highest BCUT2D eigenvalue weighted by atomic mass is 16.1. The Hall–Kier alpha value is -0.370. The SMILES string of the molecule is CC(N1C2CCC1CC(=O)C2)C12CC3CC(CC(C3)C1)C2. The van der Waals surface area contributed by atoms with Crippen molar-refractivity contribution in [1.29, 1.82) is 0 Å². The molecule has 0 aromatic rings. The number of piperidine rings is 1. The second-order valence-corrected chi connectivity index (χ2v) is 9.24. The van der Waals surface area contributed by atoms with Crippen molar-refractivity contribution in [3.63, 3.8) is 0 Å². The molecule has 116 valence electrons. The highest BCUT2D eigenvalue weighted by molar-refractivity contribution is 5.81. The van der Waals surface area contributed by atoms with Gasteiger partial charge >= 0.3 is 0 Å². The second kappa shape index (κ2) is 4.34. The minimum absolute atomic E-state index is 0.538. The predicted molar refractivity (Wildman–Crippen MR) is 83.0 cm³/mol. The summed E-state index contributed by atoms with van der Waals surface area (Å²) < 4.78 is 0. The van der Waals surface area contributed by atoms with Crippen LogP contribution in [-0.2, 0) is 4.79 Å². The van der Waals surface area contributed by atoms with Gasteiger partial charge in [-0.05, 0) is 81.5 Å². The normalized spacial score (nSPS) is 53.4. The molecule has 6 bridgehead atoms. The second-order valence-electron chi connectivity index (χ2n) is 9.24. The zero-order valence-corrected chi connectivity index (χ0v) is 13.4. The summed E-state index contributed by atoms with van der Waals surface area (Å²) in [6.45, 7) is 2.54. The quantitative estimate of drug-likeness (QED) is 0.770. The van der Waals surface area contributed by atoms with Gasteiger partial charge in [0.05, 0.1) is 0 Å². The average Bonchev–Trinajstić information content (AvgIpc) is 2.68. The summed E-state index contributed by atoms with van der Waals surface area (Å²) in [6, 6.07) is 1.93. The van der Waals surface area contributed by atoms with Gasteiger partial charge in [-0.15, -0.1) is 0 Å². The van der Waals surface area contributed by atoms with Gasteiger partial charge in [0.15, 0.2) is 0 Å². The Morgan fingerprint density at radius 3 is 1.90 bits per heavy atom. The van der Waals surface area contributed by atoms with Crippen LogP contribution in [-0.4, -0.2) is 28.8 Å². The highest BCUT2D eigenvalue weighted by Gasteiger charge is 2.56. The lowest BCUT2D eigenvalue weighted by molar-refractivity contribution is -0.132. The van der Waals surface area contributed by atoms with Gasteiger partial charge in [-0.25, -0.2) is 0 Å². The fourth-order valence-electron chi connectivity index (χ4n) is 7.64. The zero-order chi connectivity index (χ0) is 14.2. The average molecular weight is 287 g/mol. The van der Waals surface area contributed by atoms with Gasteiger partial charge in [-0.3, -0.25) is 9.69 Å². The van der Waals surface area contributed by atoms with E-state index >= 15 is 0 Å². The Bertz CT molecular complexity index is 419. The van der Waals surface area contributed by atoms with Gasteiger partial charge in [0.25, 0.3) is 0 Å². The molecule has 2 heterocycles. The van der Waals surface area contributed by atoms with Crippen LogP contribution in [0.3, 0.4) is 0 Å². The van der Waals surface area contributed by atoms with Crippen molar-refractivity contribution >= 4 is 5.78 Å². The van der Waals surface area contributed by atoms with E-state index in [1.807, 2.05) is 0 Å². The van der Waals surface area contributed by atoms with Crippen LogP contribution in [0.15, 0.2) is 0 Å². The number of carbonyl (C=O) groups is 1. The molecule has 6 aliphatic rings. The van der Waals surface area contributed by atoms with Crippen LogP contribution >= 0.6 is 0 Å². The largest absolute Gasteiger partial charge is 0.300 e. The predicted octanol–water partition coefficient (Wildman–Crippen LogP) is 3.79. The molecule has 3 unspecified atom stereocenters. The van der Waals surface area contributed by atoms with Crippen molar-refractivity contribution < 1.29 is 4.79 Å². The van der Waals surface area contributed by atoms with Crippen LogP contribution in [0.5, 0.6) is 0 Å². The van der Waals surface area contributed by atoms with Crippen molar-refractivity contribution in [2.24, 2.45) is 23.2 Å². The number of fused-ring (bicyclic) bond motifs is 2. The molecule has 2 heteroatoms. The van der Waals surface area contributed by atoms with E-state index < -0.39 is 0 Å². The molecule has 2 aliphatic heterocycles. The summed E-state index contributed by atoms with van der Waals surface area (Å²) >= 11 is 0. The molecule has 0 spiro atoms. The molecule has 21 heavy (non-hydrogen) atoms. The maximum atomic E-state index is 11.9. The molecule has 4 aliphatic carbocycles. The van der Waals surface area contributed by atoms with E-state index in [4.69, 9.17) is 0 Å². The zero-order valence-electron chi connectivity index (χ0n) is 13.4. The van der Waals surface area contributed by atoms with Gasteiger partial charge in [0.1, 0.15) is 5.78 Å². The van der Waals surface area contributed by atoms with E-state index in [9.17, 15) is 4.79 Å². The molecule has 6 fully saturated rings. The number of hydrogen-bond acceptors (Lipinski definition) is 2. The molecule has 2 saturated heterocycles. The Balaban J connectivity index is 1.44. The van der Waals surface area contributed by atoms with Crippen molar-refractivity contribution in [3.05, 3.63) is 0 Å². The summed E-state index contributed by atoms with van der Waals surface area (Å²) in [5.74, 6) is 3.67. The van der Waals surface area contributed by atoms with Gasteiger partial charge in [-0.2, -0.15) is 0 Å². The monoisotopic (exact) mass is 287 g/mol. The summed E-state index contributed by atoms with van der Waals surface area (Å²) in [4.78, 5) is 14.8. The molecular weight excluding hydrogens is 258 g/mol. The lowest BCUT2D eigenvalue weighted by Gasteiger charge is -2.61. The Labute approximate surface area is 128 Å². The van der Waals surface area contributed by atoms with Crippen molar-refractivity contribution in [2.75, 3.05) is 0 Å². The molecule has 0 N–H and O–H groups in total. The van der Waals surface area contributed by atoms with Crippen LogP contribution in [0.2, 0.25) is 0 Å². The van der Waals surface area contributed by atoms with Crippen molar-refractivity contribution in [1.82, 2.24) is 4.90 Å². The number of ketones is 1. The number of rotatable bonds is 2. The molecule has 2 nitrogen and oxygen atoms in total. The van der Waals surface area contributed by atoms with E-state index in [1.54, 1.807) is 0 Å². The smallest absolute Gasteiger partial charge is 0.136 e. The first kappa shape index (κ1) is 13.1. The molecule has 3 atom stereocenters. The molecular formula is C19H29NO. The Kier molecular flexibility index (Phi) is 2.71. The molecule has 6 rings (SSSR count). The summed E-state index contributed by atoms with van der Waals surface area (Å²) in [6.07, 6.45) is 13.4. The Morgan fingerprint density at radius 1 is 0.952 bits per heavy atom. The lowest BCUT2D eigenvalue weighted by Crippen LogP contribution is -2.59. The third-order valence-electron chi connectivity index (χ3n) is 8.02. The van der Waals surface area contributed by atoms with Crippen LogP contribution in [0, 0.1) is 23.2 Å². The standard InChI is InChI=1S/C19H29NO/c1-12(20-16-2-3-17(20)8-18(21)7-16)19-9-13-4-14(10-19)6-15(5-13)11-19/h12-17H,2-11H2,1H3. The maximum absolute atomic E-state index is 11.9. The highest BCUT2D eigenvalue weighted by Crippen LogP contribution is 2.62. The van der Waals surface area contributed by atoms with Gasteiger partial charge in [-0.1, -0.05) is 0 Å². The number of nitrogens with zero attached hydrogens (tertiary/aromatic N) is 1. The third-order valence-corrected chi connectivity index (χ3v) is 8.02.